The Morgan fingerprint density at radius 1 is 1.20 bits per heavy atom. The molecule has 0 radical (unpaired) electrons. The molecule has 2 atom stereocenters. The minimum Gasteiger partial charge on any atom is -0.346 e. The number of carbonyl (C=O) groups excluding carboxylic acids is 2. The smallest absolute Gasteiger partial charge is 0.242 e. The Balaban J connectivity index is 4.39. The summed E-state index contributed by atoms with van der Waals surface area (Å²) in [6, 6.07) is -0.463. The van der Waals surface area contributed by atoms with Crippen molar-refractivity contribution in [2.24, 2.45) is 11.7 Å². The Labute approximate surface area is 122 Å². The molecule has 0 saturated heterocycles. The average molecular weight is 286 g/mol. The van der Waals surface area contributed by atoms with Crippen LogP contribution in [0.3, 0.4) is 0 Å². The largest absolute Gasteiger partial charge is 0.346 e. The molecule has 6 nitrogen and oxygen atoms in total. The van der Waals surface area contributed by atoms with E-state index in [4.69, 9.17) is 5.73 Å². The van der Waals surface area contributed by atoms with Gasteiger partial charge in [0.2, 0.25) is 11.8 Å². The Hall–Kier alpha value is -1.14. The molecule has 3 N–H and O–H groups in total. The van der Waals surface area contributed by atoms with Crippen molar-refractivity contribution in [1.29, 1.82) is 0 Å². The van der Waals surface area contributed by atoms with Crippen molar-refractivity contribution in [2.45, 2.75) is 39.8 Å². The summed E-state index contributed by atoms with van der Waals surface area (Å²) in [7, 11) is 3.94. The van der Waals surface area contributed by atoms with Crippen LogP contribution in [-0.2, 0) is 9.59 Å². The van der Waals surface area contributed by atoms with Crippen LogP contribution < -0.4 is 11.1 Å². The van der Waals surface area contributed by atoms with E-state index in [1.807, 2.05) is 46.7 Å². The van der Waals surface area contributed by atoms with Gasteiger partial charge in [0.15, 0.2) is 0 Å². The van der Waals surface area contributed by atoms with Gasteiger partial charge in [-0.1, -0.05) is 13.8 Å². The summed E-state index contributed by atoms with van der Waals surface area (Å²) in [6.07, 6.45) is 0. The minimum atomic E-state index is -0.572. The maximum absolute atomic E-state index is 12.1. The summed E-state index contributed by atoms with van der Waals surface area (Å²) < 4.78 is 0. The molecule has 0 saturated carbocycles. The summed E-state index contributed by atoms with van der Waals surface area (Å²) in [5.74, 6) is -0.295. The standard InChI is InChI=1S/C14H30N4O2/c1-7-18(11(4)9-17(5)6)12(19)8-16-14(20)13(15)10(2)3/h10-11,13H,7-9,15H2,1-6H3,(H,16,20)/t11?,13-/m0/s1. The quantitative estimate of drug-likeness (QED) is 0.652. The van der Waals surface area contributed by atoms with Crippen LogP contribution in [0.2, 0.25) is 0 Å². The van der Waals surface area contributed by atoms with E-state index in [9.17, 15) is 9.59 Å². The fourth-order valence-corrected chi connectivity index (χ4v) is 2.05. The van der Waals surface area contributed by atoms with Crippen molar-refractivity contribution in [2.75, 3.05) is 33.7 Å². The Morgan fingerprint density at radius 3 is 2.15 bits per heavy atom. The van der Waals surface area contributed by atoms with Gasteiger partial charge in [0.25, 0.3) is 0 Å². The van der Waals surface area contributed by atoms with Crippen LogP contribution in [0.25, 0.3) is 0 Å². The van der Waals surface area contributed by atoms with Crippen molar-refractivity contribution >= 4 is 11.8 Å². The molecule has 0 aromatic heterocycles. The first-order valence-corrected chi connectivity index (χ1v) is 7.18. The number of hydrogen-bond acceptors (Lipinski definition) is 4. The SMILES string of the molecule is CCN(C(=O)CNC(=O)[C@@H](N)C(C)C)C(C)CN(C)C. The minimum absolute atomic E-state index is 0.00482. The first-order chi connectivity index (χ1) is 9.20. The third-order valence-electron chi connectivity index (χ3n) is 3.26. The molecule has 1 unspecified atom stereocenters. The van der Waals surface area contributed by atoms with E-state index in [2.05, 4.69) is 5.32 Å². The van der Waals surface area contributed by atoms with Gasteiger partial charge in [0.05, 0.1) is 12.6 Å². The molecule has 0 aliphatic carbocycles. The molecular formula is C14H30N4O2. The summed E-state index contributed by atoms with van der Waals surface area (Å²) in [5, 5.41) is 2.62. The van der Waals surface area contributed by atoms with Crippen LogP contribution in [-0.4, -0.2) is 67.4 Å². The van der Waals surface area contributed by atoms with Crippen LogP contribution in [0.5, 0.6) is 0 Å². The predicted octanol–water partition coefficient (Wildman–Crippen LogP) is -0.115. The maximum Gasteiger partial charge on any atom is 0.242 e. The van der Waals surface area contributed by atoms with Gasteiger partial charge in [-0.15, -0.1) is 0 Å². The van der Waals surface area contributed by atoms with Gasteiger partial charge in [0.1, 0.15) is 0 Å². The van der Waals surface area contributed by atoms with E-state index in [0.29, 0.717) is 6.54 Å². The lowest BCUT2D eigenvalue weighted by Crippen LogP contribution is -2.50. The topological polar surface area (TPSA) is 78.7 Å². The Kier molecular flexibility index (Phi) is 8.41. The first kappa shape index (κ1) is 18.9. The second-order valence-electron chi connectivity index (χ2n) is 5.78. The Bertz CT molecular complexity index is 318. The lowest BCUT2D eigenvalue weighted by atomic mass is 10.1. The highest BCUT2D eigenvalue weighted by molar-refractivity contribution is 5.87. The molecule has 0 spiro atoms. The van der Waals surface area contributed by atoms with E-state index < -0.39 is 6.04 Å². The van der Waals surface area contributed by atoms with Crippen molar-refractivity contribution < 1.29 is 9.59 Å². The molecule has 2 amide bonds. The van der Waals surface area contributed by atoms with E-state index in [0.717, 1.165) is 6.54 Å². The number of amides is 2. The van der Waals surface area contributed by atoms with Crippen LogP contribution in [0.1, 0.15) is 27.7 Å². The van der Waals surface area contributed by atoms with Crippen LogP contribution in [0, 0.1) is 5.92 Å². The zero-order valence-corrected chi connectivity index (χ0v) is 13.6. The fraction of sp³-hybridized carbons (Fsp3) is 0.857. The van der Waals surface area contributed by atoms with Gasteiger partial charge in [-0.2, -0.15) is 0 Å². The summed E-state index contributed by atoms with van der Waals surface area (Å²) in [6.45, 7) is 9.12. The summed E-state index contributed by atoms with van der Waals surface area (Å²) in [5.41, 5.74) is 5.74. The highest BCUT2D eigenvalue weighted by atomic mass is 16.2. The van der Waals surface area contributed by atoms with Gasteiger partial charge in [0, 0.05) is 19.1 Å². The van der Waals surface area contributed by atoms with E-state index in [1.54, 1.807) is 4.90 Å². The second kappa shape index (κ2) is 8.92. The van der Waals surface area contributed by atoms with Gasteiger partial charge < -0.3 is 20.9 Å². The number of nitrogens with zero attached hydrogens (tertiary/aromatic N) is 2. The molecule has 0 aliphatic rings. The summed E-state index contributed by atoms with van der Waals surface area (Å²) in [4.78, 5) is 27.7. The van der Waals surface area contributed by atoms with Crippen molar-refractivity contribution in [3.63, 3.8) is 0 Å². The molecule has 20 heavy (non-hydrogen) atoms. The van der Waals surface area contributed by atoms with Gasteiger partial charge in [-0.05, 0) is 33.9 Å². The third kappa shape index (κ3) is 6.34. The maximum atomic E-state index is 12.1. The first-order valence-electron chi connectivity index (χ1n) is 7.18. The zero-order chi connectivity index (χ0) is 15.9. The molecule has 0 heterocycles. The van der Waals surface area contributed by atoms with Gasteiger partial charge >= 0.3 is 0 Å². The molecule has 0 aliphatic heterocycles. The van der Waals surface area contributed by atoms with Crippen LogP contribution in [0.15, 0.2) is 0 Å². The fourth-order valence-electron chi connectivity index (χ4n) is 2.05. The van der Waals surface area contributed by atoms with Crippen molar-refractivity contribution in [3.8, 4) is 0 Å². The number of carbonyl (C=O) groups is 2. The molecule has 6 heteroatoms. The molecule has 0 aromatic carbocycles. The van der Waals surface area contributed by atoms with E-state index in [1.165, 1.54) is 0 Å². The third-order valence-corrected chi connectivity index (χ3v) is 3.26. The number of rotatable bonds is 8. The Morgan fingerprint density at radius 2 is 1.75 bits per heavy atom. The van der Waals surface area contributed by atoms with Crippen molar-refractivity contribution in [1.82, 2.24) is 15.1 Å². The molecule has 118 valence electrons. The number of nitrogens with two attached hydrogens (primary N) is 1. The number of nitrogens with one attached hydrogen (secondary N) is 1. The van der Waals surface area contributed by atoms with Gasteiger partial charge in [-0.25, -0.2) is 0 Å². The van der Waals surface area contributed by atoms with E-state index >= 15 is 0 Å². The van der Waals surface area contributed by atoms with Crippen LogP contribution in [0.4, 0.5) is 0 Å². The predicted molar refractivity (Wildman–Crippen MR) is 81.2 cm³/mol. The number of likely N-dealkylation sites (N-methyl/N-ethyl adjacent to an activating group) is 2. The highest BCUT2D eigenvalue weighted by Crippen LogP contribution is 2.01. The molecule has 0 rings (SSSR count). The summed E-state index contributed by atoms with van der Waals surface area (Å²) >= 11 is 0. The molecule has 0 bridgehead atoms. The molecule has 0 aromatic rings. The number of hydrogen-bond donors (Lipinski definition) is 2. The molecular weight excluding hydrogens is 256 g/mol. The van der Waals surface area contributed by atoms with Crippen molar-refractivity contribution in [3.05, 3.63) is 0 Å². The highest BCUT2D eigenvalue weighted by Gasteiger charge is 2.21. The van der Waals surface area contributed by atoms with Gasteiger partial charge in [-0.3, -0.25) is 9.59 Å². The zero-order valence-electron chi connectivity index (χ0n) is 13.6. The molecule has 0 fully saturated rings. The van der Waals surface area contributed by atoms with E-state index in [-0.39, 0.29) is 30.3 Å². The lowest BCUT2D eigenvalue weighted by Gasteiger charge is -2.30. The second-order valence-corrected chi connectivity index (χ2v) is 5.78. The van der Waals surface area contributed by atoms with Crippen LogP contribution >= 0.6 is 0 Å². The average Bonchev–Trinajstić information content (AvgIpc) is 2.34. The normalized spacial score (nSPS) is 14.2. The lowest BCUT2D eigenvalue weighted by molar-refractivity contribution is -0.135. The monoisotopic (exact) mass is 286 g/mol.